The molecule has 4 heterocycles. The lowest BCUT2D eigenvalue weighted by atomic mass is 10.1. The Balaban J connectivity index is 0.000000199. The minimum Gasteiger partial charge on any atom is -0.506 e. The number of nitrogens with one attached hydrogen (secondary N) is 6. The summed E-state index contributed by atoms with van der Waals surface area (Å²) in [6.45, 7) is 3.38. The number of ether oxygens (including phenoxy) is 4. The molecule has 8 aromatic carbocycles. The molecular formula is C79H76F3N9O17S8. The van der Waals surface area contributed by atoms with E-state index >= 15 is 0 Å². The number of carboxylic acids is 2. The van der Waals surface area contributed by atoms with Crippen LogP contribution in [0.4, 0.5) is 13.2 Å². The molecule has 0 aromatic heterocycles. The zero-order valence-corrected chi connectivity index (χ0v) is 69.2. The molecule has 116 heavy (non-hydrogen) atoms. The van der Waals surface area contributed by atoms with Gasteiger partial charge in [0.25, 0.3) is 47.3 Å². The summed E-state index contributed by atoms with van der Waals surface area (Å²) in [6, 6.07) is 40.3. The lowest BCUT2D eigenvalue weighted by molar-refractivity contribution is 0.0685. The fourth-order valence-electron chi connectivity index (χ4n) is 10.7. The standard InChI is InChI=1S/C19H17FN2O3S2.C17H17FN2O3.C16H15FN2O3.C15H14N2O3S4.C9H8O5.C3H5NS2/c1-25-16-14(17(23)21-11-12-5-7-13(20)8-6-12)3-2-4-15(16)18(24)22-9-10-27-19(22)26;1-19-16(21)13-4-3-5-14(15(13)23-2)17(22)20-10-11-6-8-12(18)9-7-11;1-18-15(21)12-3-2-4-13(14(12)20)16(22)19-9-10-5-7-11(17)8-6-10;1-20-11-9(12(18)16-5-7-23-14(16)21)3-2-4-10(11)13(19)17-6-8-24-15(17)22;1-14-7-5(8(10)11)3-2-4-6(7)9(12)13;5-3-4-1-2-6-3/h2-8H,9-11H2,1H3,(H,21,23);3-9H,10H2,1-2H3,(H,19,21)(H,20,22);2-8,20H,9H2,1H3,(H,18,21)(H,19,22);2-4H,5-8H2,1H3;2-4H,1H3,(H,10,11)(H,12,13);1-2H2,(H,4,5). The monoisotopic (exact) mass is 1740 g/mol. The van der Waals surface area contributed by atoms with Gasteiger partial charge in [-0.1, -0.05) is 163 Å². The summed E-state index contributed by atoms with van der Waals surface area (Å²) in [6.07, 6.45) is 0. The maximum absolute atomic E-state index is 13.0. The first kappa shape index (κ1) is 92.0. The second kappa shape index (κ2) is 45.8. The van der Waals surface area contributed by atoms with Gasteiger partial charge in [0.2, 0.25) is 0 Å². The molecule has 4 saturated heterocycles. The lowest BCUT2D eigenvalue weighted by Gasteiger charge is -2.20. The number of aromatic hydroxyl groups is 1. The third-order valence-corrected chi connectivity index (χ3v) is 22.1. The highest BCUT2D eigenvalue weighted by molar-refractivity contribution is 8.24. The number of nitrogens with zero attached hydrogens (tertiary/aromatic N) is 3. The number of rotatable bonds is 20. The van der Waals surface area contributed by atoms with E-state index in [0.29, 0.717) is 43.7 Å². The number of phenolic OH excluding ortho intramolecular Hbond substituents is 1. The molecule has 0 bridgehead atoms. The van der Waals surface area contributed by atoms with E-state index in [9.17, 15) is 66.2 Å². The van der Waals surface area contributed by atoms with Crippen molar-refractivity contribution in [3.63, 3.8) is 0 Å². The van der Waals surface area contributed by atoms with Crippen molar-refractivity contribution in [1.82, 2.24) is 46.6 Å². The number of carbonyl (C=O) groups is 10. The summed E-state index contributed by atoms with van der Waals surface area (Å²) in [7, 11) is 8.44. The fourth-order valence-corrected chi connectivity index (χ4v) is 15.3. The van der Waals surface area contributed by atoms with Gasteiger partial charge < -0.3 is 66.2 Å². The Morgan fingerprint density at radius 1 is 0.379 bits per heavy atom. The van der Waals surface area contributed by atoms with Crippen molar-refractivity contribution >= 4 is 172 Å². The van der Waals surface area contributed by atoms with E-state index in [1.165, 1.54) is 156 Å². The molecule has 8 aromatic rings. The van der Waals surface area contributed by atoms with Gasteiger partial charge in [0.1, 0.15) is 74.6 Å². The zero-order valence-electron chi connectivity index (χ0n) is 62.7. The molecule has 26 nitrogen and oxygen atoms in total. The molecule has 8 amide bonds. The van der Waals surface area contributed by atoms with Gasteiger partial charge in [-0.15, -0.1) is 0 Å². The molecule has 4 aliphatic rings. The van der Waals surface area contributed by atoms with Crippen molar-refractivity contribution in [2.24, 2.45) is 0 Å². The van der Waals surface area contributed by atoms with Crippen LogP contribution in [0.1, 0.15) is 120 Å². The molecule has 0 spiro atoms. The molecule has 0 unspecified atom stereocenters. The van der Waals surface area contributed by atoms with E-state index in [-0.39, 0.29) is 146 Å². The molecule has 0 aliphatic carbocycles. The van der Waals surface area contributed by atoms with Crippen LogP contribution in [0.2, 0.25) is 0 Å². The van der Waals surface area contributed by atoms with Crippen LogP contribution in [0, 0.1) is 17.5 Å². The minimum atomic E-state index is -1.22. The average molecular weight is 1740 g/mol. The molecule has 12 rings (SSSR count). The first-order valence-electron chi connectivity index (χ1n) is 34.5. The topological polar surface area (TPSA) is 350 Å². The second-order valence-electron chi connectivity index (χ2n) is 23.7. The van der Waals surface area contributed by atoms with Gasteiger partial charge in [-0.25, -0.2) is 22.8 Å². The SMILES string of the molecule is CNC(=O)c1cccc(C(=O)NCc2ccc(F)cc2)c1O.CNC(=O)c1cccc(C(=O)NCc2ccc(F)cc2)c1OC.COc1c(C(=O)N2CCSC2=S)cccc1C(=O)N1CCSC1=S.COc1c(C(=O)NCc2ccc(F)cc2)cccc1C(=O)N1CCSC1=S.COc1c(C(=O)O)cccc1C(=O)O.S=C1NCCS1. The summed E-state index contributed by atoms with van der Waals surface area (Å²) in [4.78, 5) is 125. The van der Waals surface area contributed by atoms with Crippen LogP contribution in [0.15, 0.2) is 164 Å². The number of para-hydroxylation sites is 5. The first-order valence-corrected chi connectivity index (χ1v) is 40.0. The normalized spacial score (nSPS) is 12.9. The molecule has 0 radical (unpaired) electrons. The second-order valence-corrected chi connectivity index (χ2v) is 30.7. The molecular weight excluding hydrogens is 1660 g/mol. The van der Waals surface area contributed by atoms with Crippen LogP contribution in [0.25, 0.3) is 0 Å². The van der Waals surface area contributed by atoms with E-state index in [2.05, 4.69) is 31.9 Å². The number of thioether (sulfide) groups is 4. The number of methoxy groups -OCH3 is 4. The van der Waals surface area contributed by atoms with Gasteiger partial charge in [-0.2, -0.15) is 0 Å². The summed E-state index contributed by atoms with van der Waals surface area (Å²) in [5.74, 6) is -2.68. The highest BCUT2D eigenvalue weighted by Crippen LogP contribution is 2.33. The van der Waals surface area contributed by atoms with E-state index in [1.54, 1.807) is 113 Å². The number of halogens is 3. The molecule has 4 fully saturated rings. The summed E-state index contributed by atoms with van der Waals surface area (Å²) >= 11 is 26.5. The number of hydrogen-bond donors (Lipinski definition) is 9. The van der Waals surface area contributed by atoms with Gasteiger partial charge in [0, 0.05) is 82.9 Å². The number of benzene rings is 8. The Kier molecular flexibility index (Phi) is 36.3. The van der Waals surface area contributed by atoms with Crippen LogP contribution in [-0.4, -0.2) is 198 Å². The van der Waals surface area contributed by atoms with Crippen LogP contribution < -0.4 is 50.8 Å². The Labute approximate surface area is 703 Å². The Morgan fingerprint density at radius 2 is 0.638 bits per heavy atom. The fraction of sp³-hybridized carbons (Fsp3) is 0.215. The van der Waals surface area contributed by atoms with Crippen molar-refractivity contribution in [2.45, 2.75) is 19.6 Å². The van der Waals surface area contributed by atoms with Gasteiger partial charge >= 0.3 is 11.9 Å². The smallest absolute Gasteiger partial charge is 0.339 e. The third-order valence-electron chi connectivity index (χ3n) is 16.5. The van der Waals surface area contributed by atoms with E-state index in [0.717, 1.165) is 50.6 Å². The zero-order chi connectivity index (χ0) is 84.7. The predicted octanol–water partition coefficient (Wildman–Crippen LogP) is 11.5. The lowest BCUT2D eigenvalue weighted by Crippen LogP contribution is -2.33. The van der Waals surface area contributed by atoms with E-state index < -0.39 is 23.8 Å². The van der Waals surface area contributed by atoms with Gasteiger partial charge in [-0.05, 0) is 114 Å². The molecule has 608 valence electrons. The quantitative estimate of drug-likeness (QED) is 0.0320. The van der Waals surface area contributed by atoms with Crippen LogP contribution in [-0.2, 0) is 19.6 Å². The Hall–Kier alpha value is -11.2. The predicted molar refractivity (Wildman–Crippen MR) is 455 cm³/mol. The first-order chi connectivity index (χ1) is 55.6. The summed E-state index contributed by atoms with van der Waals surface area (Å²) in [5, 5.41) is 43.5. The maximum atomic E-state index is 13.0. The van der Waals surface area contributed by atoms with Gasteiger partial charge in [0.05, 0.1) is 72.9 Å². The number of carbonyl (C=O) groups excluding carboxylic acids is 8. The molecule has 9 N–H and O–H groups in total. The van der Waals surface area contributed by atoms with Crippen LogP contribution >= 0.6 is 95.9 Å². The number of carboxylic acid groups (broad SMARTS) is 2. The van der Waals surface area contributed by atoms with Crippen LogP contribution in [0.3, 0.4) is 0 Å². The van der Waals surface area contributed by atoms with Crippen molar-refractivity contribution in [3.8, 4) is 28.7 Å². The average Bonchev–Trinajstić information content (AvgIpc) is 1.47. The molecule has 4 aliphatic heterocycles. The van der Waals surface area contributed by atoms with E-state index in [4.69, 9.17) is 78.0 Å². The Bertz CT molecular complexity index is 4900. The van der Waals surface area contributed by atoms with Crippen molar-refractivity contribution in [2.75, 3.05) is 91.7 Å². The minimum absolute atomic E-state index is 0.00297. The molecule has 37 heteroatoms. The largest absolute Gasteiger partial charge is 0.506 e. The molecule has 0 atom stereocenters. The third kappa shape index (κ3) is 25.4. The van der Waals surface area contributed by atoms with Crippen molar-refractivity contribution in [1.29, 1.82) is 0 Å². The number of phenols is 1. The Morgan fingerprint density at radius 3 is 0.905 bits per heavy atom. The number of aromatic carboxylic acids is 2. The van der Waals surface area contributed by atoms with E-state index in [1.807, 2.05) is 0 Å². The summed E-state index contributed by atoms with van der Waals surface area (Å²) < 4.78 is 62.0. The number of thiocarbonyl (C=S) groups is 4. The van der Waals surface area contributed by atoms with Crippen molar-refractivity contribution in [3.05, 3.63) is 254 Å². The molecule has 0 saturated carbocycles. The summed E-state index contributed by atoms with van der Waals surface area (Å²) in [5.41, 5.74) is 3.71. The van der Waals surface area contributed by atoms with Gasteiger partial charge in [0.15, 0.2) is 0 Å². The van der Waals surface area contributed by atoms with Crippen LogP contribution in [0.5, 0.6) is 28.7 Å². The highest BCUT2D eigenvalue weighted by Gasteiger charge is 2.34. The maximum Gasteiger partial charge on any atom is 0.339 e. The number of hydrogen-bond acceptors (Lipinski definition) is 23. The number of amides is 8. The van der Waals surface area contributed by atoms with Crippen molar-refractivity contribution < 1.29 is 95.4 Å². The highest BCUT2D eigenvalue weighted by atomic mass is 32.2. The van der Waals surface area contributed by atoms with Gasteiger partial charge in [-0.3, -0.25) is 53.1 Å².